The third-order valence-corrected chi connectivity index (χ3v) is 4.77. The van der Waals surface area contributed by atoms with Crippen molar-refractivity contribution in [2.45, 2.75) is 25.7 Å². The van der Waals surface area contributed by atoms with Crippen LogP contribution in [0.15, 0.2) is 24.3 Å². The van der Waals surface area contributed by atoms with Gasteiger partial charge in [0.05, 0.1) is 5.52 Å². The SMILES string of the molecule is c1ccc2nc(NCC3CC4CCC3C4)nnc2c1. The molecule has 1 N–H and O–H groups in total. The second-order valence-corrected chi connectivity index (χ2v) is 5.94. The van der Waals surface area contributed by atoms with Crippen molar-refractivity contribution in [3.8, 4) is 0 Å². The highest BCUT2D eigenvalue weighted by Gasteiger charge is 2.39. The standard InChI is InChI=1S/C15H18N4/c1-2-4-14-13(3-1)17-15(19-18-14)16-9-12-8-10-5-6-11(12)7-10/h1-4,10-12H,5-9H2,(H,16,17,19). The van der Waals surface area contributed by atoms with Gasteiger partial charge in [-0.15, -0.1) is 10.2 Å². The minimum absolute atomic E-state index is 0.668. The van der Waals surface area contributed by atoms with Gasteiger partial charge in [-0.3, -0.25) is 0 Å². The third kappa shape index (κ3) is 2.05. The summed E-state index contributed by atoms with van der Waals surface area (Å²) in [5.74, 6) is 3.41. The van der Waals surface area contributed by atoms with Crippen molar-refractivity contribution in [2.24, 2.45) is 17.8 Å². The Balaban J connectivity index is 1.46. The predicted octanol–water partition coefficient (Wildman–Crippen LogP) is 2.87. The van der Waals surface area contributed by atoms with Crippen molar-refractivity contribution < 1.29 is 0 Å². The fraction of sp³-hybridized carbons (Fsp3) is 0.533. The van der Waals surface area contributed by atoms with Gasteiger partial charge in [-0.2, -0.15) is 0 Å². The molecule has 0 aliphatic heterocycles. The van der Waals surface area contributed by atoms with Crippen molar-refractivity contribution in [1.82, 2.24) is 15.2 Å². The van der Waals surface area contributed by atoms with Crippen LogP contribution >= 0.6 is 0 Å². The number of benzene rings is 1. The summed E-state index contributed by atoms with van der Waals surface area (Å²) in [4.78, 5) is 4.51. The Morgan fingerprint density at radius 1 is 1.05 bits per heavy atom. The Morgan fingerprint density at radius 3 is 2.74 bits per heavy atom. The first-order valence-corrected chi connectivity index (χ1v) is 7.22. The number of fused-ring (bicyclic) bond motifs is 3. The molecule has 3 unspecified atom stereocenters. The van der Waals surface area contributed by atoms with E-state index in [9.17, 15) is 0 Å². The van der Waals surface area contributed by atoms with E-state index in [2.05, 4.69) is 20.5 Å². The van der Waals surface area contributed by atoms with E-state index in [1.165, 1.54) is 25.7 Å². The molecule has 2 aromatic rings. The van der Waals surface area contributed by atoms with E-state index >= 15 is 0 Å². The van der Waals surface area contributed by atoms with Crippen molar-refractivity contribution in [3.63, 3.8) is 0 Å². The predicted molar refractivity (Wildman–Crippen MR) is 74.8 cm³/mol. The summed E-state index contributed by atoms with van der Waals surface area (Å²) in [6.45, 7) is 1.00. The fourth-order valence-corrected chi connectivity index (χ4v) is 3.80. The van der Waals surface area contributed by atoms with Crippen molar-refractivity contribution in [2.75, 3.05) is 11.9 Å². The largest absolute Gasteiger partial charge is 0.353 e. The summed E-state index contributed by atoms with van der Waals surface area (Å²) in [6.07, 6.45) is 5.71. The van der Waals surface area contributed by atoms with Gasteiger partial charge in [-0.05, 0) is 49.1 Å². The average Bonchev–Trinajstić information content (AvgIpc) is 3.07. The van der Waals surface area contributed by atoms with E-state index in [0.717, 1.165) is 35.3 Å². The van der Waals surface area contributed by atoms with Gasteiger partial charge in [0, 0.05) is 6.54 Å². The van der Waals surface area contributed by atoms with Gasteiger partial charge in [0.15, 0.2) is 0 Å². The van der Waals surface area contributed by atoms with Crippen LogP contribution in [0.5, 0.6) is 0 Å². The second-order valence-electron chi connectivity index (χ2n) is 5.94. The van der Waals surface area contributed by atoms with Gasteiger partial charge < -0.3 is 5.32 Å². The number of nitrogens with one attached hydrogen (secondary N) is 1. The van der Waals surface area contributed by atoms with Crippen LogP contribution in [0.1, 0.15) is 25.7 Å². The Kier molecular flexibility index (Phi) is 2.60. The van der Waals surface area contributed by atoms with Crippen molar-refractivity contribution in [1.29, 1.82) is 0 Å². The van der Waals surface area contributed by atoms with Crippen LogP contribution in [0.2, 0.25) is 0 Å². The molecule has 98 valence electrons. The summed E-state index contributed by atoms with van der Waals surface area (Å²) in [5.41, 5.74) is 1.76. The second kappa shape index (κ2) is 4.44. The number of hydrogen-bond acceptors (Lipinski definition) is 4. The molecule has 0 amide bonds. The first-order valence-electron chi connectivity index (χ1n) is 7.22. The van der Waals surface area contributed by atoms with Crippen LogP contribution in [-0.2, 0) is 0 Å². The number of rotatable bonds is 3. The molecule has 19 heavy (non-hydrogen) atoms. The van der Waals surface area contributed by atoms with Gasteiger partial charge in [0.2, 0.25) is 5.95 Å². The molecule has 0 radical (unpaired) electrons. The summed E-state index contributed by atoms with van der Waals surface area (Å²) in [6, 6.07) is 7.86. The maximum Gasteiger partial charge on any atom is 0.243 e. The molecule has 1 aromatic carbocycles. The normalized spacial score (nSPS) is 28.9. The van der Waals surface area contributed by atoms with Crippen LogP contribution in [0.3, 0.4) is 0 Å². The lowest BCUT2D eigenvalue weighted by Crippen LogP contribution is -2.21. The zero-order valence-electron chi connectivity index (χ0n) is 10.9. The fourth-order valence-electron chi connectivity index (χ4n) is 3.80. The van der Waals surface area contributed by atoms with Gasteiger partial charge in [-0.1, -0.05) is 18.6 Å². The molecular weight excluding hydrogens is 236 g/mol. The summed E-state index contributed by atoms with van der Waals surface area (Å²) in [5, 5.41) is 11.7. The molecule has 1 heterocycles. The molecule has 2 aliphatic carbocycles. The van der Waals surface area contributed by atoms with Crippen LogP contribution < -0.4 is 5.32 Å². The Bertz CT molecular complexity index is 597. The van der Waals surface area contributed by atoms with Crippen molar-refractivity contribution in [3.05, 3.63) is 24.3 Å². The molecule has 4 nitrogen and oxygen atoms in total. The highest BCUT2D eigenvalue weighted by atomic mass is 15.2. The lowest BCUT2D eigenvalue weighted by atomic mass is 9.89. The Morgan fingerprint density at radius 2 is 1.95 bits per heavy atom. The molecule has 4 heteroatoms. The third-order valence-electron chi connectivity index (χ3n) is 4.77. The number of nitrogens with zero attached hydrogens (tertiary/aromatic N) is 3. The first-order chi connectivity index (χ1) is 9.38. The Labute approximate surface area is 112 Å². The molecule has 0 spiro atoms. The van der Waals surface area contributed by atoms with E-state index in [0.29, 0.717) is 5.95 Å². The molecule has 1 aromatic heterocycles. The van der Waals surface area contributed by atoms with Crippen molar-refractivity contribution >= 4 is 17.0 Å². The quantitative estimate of drug-likeness (QED) is 0.915. The van der Waals surface area contributed by atoms with Gasteiger partial charge >= 0.3 is 0 Å². The Hall–Kier alpha value is -1.71. The van der Waals surface area contributed by atoms with Crippen LogP contribution in [-0.4, -0.2) is 21.7 Å². The monoisotopic (exact) mass is 254 g/mol. The van der Waals surface area contributed by atoms with E-state index in [1.807, 2.05) is 24.3 Å². The zero-order chi connectivity index (χ0) is 12.7. The smallest absolute Gasteiger partial charge is 0.243 e. The maximum atomic E-state index is 4.51. The van der Waals surface area contributed by atoms with E-state index < -0.39 is 0 Å². The highest BCUT2D eigenvalue weighted by molar-refractivity contribution is 5.73. The maximum absolute atomic E-state index is 4.51. The van der Waals surface area contributed by atoms with Gasteiger partial charge in [-0.25, -0.2) is 4.98 Å². The topological polar surface area (TPSA) is 50.7 Å². The van der Waals surface area contributed by atoms with Crippen LogP contribution in [0.25, 0.3) is 11.0 Å². The summed E-state index contributed by atoms with van der Waals surface area (Å²) < 4.78 is 0. The summed E-state index contributed by atoms with van der Waals surface area (Å²) in [7, 11) is 0. The number of hydrogen-bond donors (Lipinski definition) is 1. The van der Waals surface area contributed by atoms with Gasteiger partial charge in [0.25, 0.3) is 0 Å². The lowest BCUT2D eigenvalue weighted by molar-refractivity contribution is 0.348. The zero-order valence-corrected chi connectivity index (χ0v) is 10.9. The molecule has 2 bridgehead atoms. The molecule has 2 saturated carbocycles. The molecule has 2 aliphatic rings. The minimum Gasteiger partial charge on any atom is -0.353 e. The lowest BCUT2D eigenvalue weighted by Gasteiger charge is -2.21. The van der Waals surface area contributed by atoms with Crippen LogP contribution in [0, 0.1) is 17.8 Å². The van der Waals surface area contributed by atoms with Crippen LogP contribution in [0.4, 0.5) is 5.95 Å². The molecule has 2 fully saturated rings. The van der Waals surface area contributed by atoms with E-state index in [1.54, 1.807) is 0 Å². The molecule has 0 saturated heterocycles. The first kappa shape index (κ1) is 11.1. The number of aromatic nitrogens is 3. The average molecular weight is 254 g/mol. The van der Waals surface area contributed by atoms with Gasteiger partial charge in [0.1, 0.15) is 5.52 Å². The summed E-state index contributed by atoms with van der Waals surface area (Å²) >= 11 is 0. The minimum atomic E-state index is 0.668. The number of para-hydroxylation sites is 1. The van der Waals surface area contributed by atoms with E-state index in [4.69, 9.17) is 0 Å². The van der Waals surface area contributed by atoms with E-state index in [-0.39, 0.29) is 0 Å². The molecule has 4 rings (SSSR count). The number of anilines is 1. The molecular formula is C15H18N4. The molecule has 3 atom stereocenters. The highest BCUT2D eigenvalue weighted by Crippen LogP contribution is 2.48.